The summed E-state index contributed by atoms with van der Waals surface area (Å²) >= 11 is 0. The first-order valence-corrected chi connectivity index (χ1v) is 4.69. The first-order valence-electron chi connectivity index (χ1n) is 4.69. The fourth-order valence-corrected chi connectivity index (χ4v) is 1.63. The van der Waals surface area contributed by atoms with Crippen molar-refractivity contribution < 1.29 is 4.79 Å². The molecule has 2 aliphatic rings. The number of rotatable bonds is 1. The van der Waals surface area contributed by atoms with Gasteiger partial charge in [0.05, 0.1) is 0 Å². The van der Waals surface area contributed by atoms with Crippen LogP contribution in [0.25, 0.3) is 0 Å². The summed E-state index contributed by atoms with van der Waals surface area (Å²) in [5.41, 5.74) is 1.33. The molecule has 0 saturated carbocycles. The molecule has 0 amide bonds. The van der Waals surface area contributed by atoms with Crippen molar-refractivity contribution in [2.24, 2.45) is 0 Å². The summed E-state index contributed by atoms with van der Waals surface area (Å²) in [5, 5.41) is 0. The highest BCUT2D eigenvalue weighted by molar-refractivity contribution is 5.90. The van der Waals surface area contributed by atoms with Gasteiger partial charge >= 0.3 is 0 Å². The van der Waals surface area contributed by atoms with Crippen LogP contribution in [0.5, 0.6) is 0 Å². The van der Waals surface area contributed by atoms with Crippen molar-refractivity contribution >= 4 is 5.78 Å². The quantitative estimate of drug-likeness (QED) is 0.607. The zero-order valence-electron chi connectivity index (χ0n) is 7.57. The largest absolute Gasteiger partial charge is 0.351 e. The minimum atomic E-state index is 0.239. The summed E-state index contributed by atoms with van der Waals surface area (Å²) in [6.07, 6.45) is 12.8. The standard InChI is InChI=1S/C11H13NO/c13-11-6-8-12(9-7-11)10-4-2-1-3-5-10/h1-2,4,6,8H,3,5,7,9H2. The number of carbonyl (C=O) groups is 1. The first-order chi connectivity index (χ1) is 6.36. The Morgan fingerprint density at radius 3 is 2.85 bits per heavy atom. The predicted octanol–water partition coefficient (Wildman–Crippen LogP) is 2.01. The topological polar surface area (TPSA) is 20.3 Å². The monoisotopic (exact) mass is 175 g/mol. The van der Waals surface area contributed by atoms with Crippen LogP contribution < -0.4 is 0 Å². The van der Waals surface area contributed by atoms with Gasteiger partial charge in [-0.15, -0.1) is 0 Å². The lowest BCUT2D eigenvalue weighted by atomic mass is 10.1. The summed E-state index contributed by atoms with van der Waals surface area (Å²) in [7, 11) is 0. The fourth-order valence-electron chi connectivity index (χ4n) is 1.63. The molecular formula is C11H13NO. The molecule has 0 N–H and O–H groups in total. The van der Waals surface area contributed by atoms with Crippen molar-refractivity contribution in [2.45, 2.75) is 19.3 Å². The van der Waals surface area contributed by atoms with Gasteiger partial charge in [0, 0.05) is 24.9 Å². The summed E-state index contributed by atoms with van der Waals surface area (Å²) in [4.78, 5) is 13.1. The number of carbonyl (C=O) groups excluding carboxylic acids is 1. The molecule has 0 aromatic carbocycles. The van der Waals surface area contributed by atoms with Gasteiger partial charge in [-0.1, -0.05) is 12.2 Å². The van der Waals surface area contributed by atoms with Crippen LogP contribution in [-0.4, -0.2) is 17.2 Å². The highest BCUT2D eigenvalue weighted by Gasteiger charge is 2.12. The van der Waals surface area contributed by atoms with E-state index in [1.807, 2.05) is 6.20 Å². The number of ketones is 1. The molecule has 1 aliphatic carbocycles. The molecule has 13 heavy (non-hydrogen) atoms. The summed E-state index contributed by atoms with van der Waals surface area (Å²) in [5.74, 6) is 0.239. The van der Waals surface area contributed by atoms with Crippen molar-refractivity contribution in [3.05, 3.63) is 36.2 Å². The molecule has 1 heterocycles. The number of allylic oxidation sites excluding steroid dienone is 5. The molecule has 0 aromatic rings. The van der Waals surface area contributed by atoms with E-state index in [2.05, 4.69) is 23.1 Å². The van der Waals surface area contributed by atoms with Crippen LogP contribution in [0, 0.1) is 0 Å². The third kappa shape index (κ3) is 1.89. The highest BCUT2D eigenvalue weighted by atomic mass is 16.1. The molecule has 0 unspecified atom stereocenters. The Morgan fingerprint density at radius 2 is 2.23 bits per heavy atom. The lowest BCUT2D eigenvalue weighted by Crippen LogP contribution is -2.24. The van der Waals surface area contributed by atoms with Gasteiger partial charge in [-0.05, 0) is 25.0 Å². The fraction of sp³-hybridized carbons (Fsp3) is 0.364. The van der Waals surface area contributed by atoms with Crippen LogP contribution in [0.1, 0.15) is 19.3 Å². The molecule has 0 saturated heterocycles. The van der Waals surface area contributed by atoms with E-state index in [0.717, 1.165) is 19.4 Å². The molecule has 0 radical (unpaired) electrons. The van der Waals surface area contributed by atoms with Gasteiger partial charge in [-0.25, -0.2) is 0 Å². The smallest absolute Gasteiger partial charge is 0.158 e. The third-order valence-corrected chi connectivity index (χ3v) is 2.40. The van der Waals surface area contributed by atoms with Crippen LogP contribution in [0.3, 0.4) is 0 Å². The number of nitrogens with zero attached hydrogens (tertiary/aromatic N) is 1. The van der Waals surface area contributed by atoms with E-state index in [9.17, 15) is 4.79 Å². The van der Waals surface area contributed by atoms with Crippen LogP contribution in [0.4, 0.5) is 0 Å². The Morgan fingerprint density at radius 1 is 1.31 bits per heavy atom. The van der Waals surface area contributed by atoms with Crippen molar-refractivity contribution in [3.8, 4) is 0 Å². The van der Waals surface area contributed by atoms with Gasteiger partial charge in [0.15, 0.2) is 5.78 Å². The van der Waals surface area contributed by atoms with E-state index in [1.54, 1.807) is 6.08 Å². The predicted molar refractivity (Wildman–Crippen MR) is 51.9 cm³/mol. The Kier molecular flexibility index (Phi) is 2.30. The highest BCUT2D eigenvalue weighted by Crippen LogP contribution is 2.19. The SMILES string of the molecule is O=C1C=CN(C2=CC=CCC2)CC1. The van der Waals surface area contributed by atoms with Crippen molar-refractivity contribution in [1.82, 2.24) is 4.90 Å². The van der Waals surface area contributed by atoms with E-state index in [1.165, 1.54) is 5.70 Å². The van der Waals surface area contributed by atoms with Crippen molar-refractivity contribution in [3.63, 3.8) is 0 Å². The minimum absolute atomic E-state index is 0.239. The van der Waals surface area contributed by atoms with Crippen LogP contribution in [-0.2, 0) is 4.79 Å². The van der Waals surface area contributed by atoms with E-state index in [4.69, 9.17) is 0 Å². The van der Waals surface area contributed by atoms with Gasteiger partial charge in [0.1, 0.15) is 0 Å². The normalized spacial score (nSPS) is 22.0. The molecule has 0 fully saturated rings. The zero-order chi connectivity index (χ0) is 9.10. The minimum Gasteiger partial charge on any atom is -0.351 e. The summed E-state index contributed by atoms with van der Waals surface area (Å²) < 4.78 is 0. The molecule has 0 spiro atoms. The van der Waals surface area contributed by atoms with Gasteiger partial charge < -0.3 is 4.90 Å². The molecule has 1 aliphatic heterocycles. The Labute approximate surface area is 78.2 Å². The number of hydrogen-bond donors (Lipinski definition) is 0. The zero-order valence-corrected chi connectivity index (χ0v) is 7.57. The Hall–Kier alpha value is -1.31. The van der Waals surface area contributed by atoms with Gasteiger partial charge in [-0.3, -0.25) is 4.79 Å². The Balaban J connectivity index is 2.09. The second-order valence-electron chi connectivity index (χ2n) is 3.35. The maximum Gasteiger partial charge on any atom is 0.158 e. The van der Waals surface area contributed by atoms with Crippen LogP contribution >= 0.6 is 0 Å². The second kappa shape index (κ2) is 3.60. The van der Waals surface area contributed by atoms with Gasteiger partial charge in [0.2, 0.25) is 0 Å². The van der Waals surface area contributed by atoms with E-state index in [-0.39, 0.29) is 5.78 Å². The average Bonchev–Trinajstić information content (AvgIpc) is 2.20. The maximum atomic E-state index is 10.9. The molecule has 2 nitrogen and oxygen atoms in total. The second-order valence-corrected chi connectivity index (χ2v) is 3.35. The van der Waals surface area contributed by atoms with Crippen LogP contribution in [0.15, 0.2) is 36.2 Å². The molecule has 68 valence electrons. The molecule has 2 rings (SSSR count). The molecule has 0 aromatic heterocycles. The molecule has 0 atom stereocenters. The first kappa shape index (κ1) is 8.30. The van der Waals surface area contributed by atoms with E-state index < -0.39 is 0 Å². The van der Waals surface area contributed by atoms with Crippen molar-refractivity contribution in [2.75, 3.05) is 6.54 Å². The summed E-state index contributed by atoms with van der Waals surface area (Å²) in [6.45, 7) is 0.842. The Bertz CT molecular complexity index is 299. The lowest BCUT2D eigenvalue weighted by molar-refractivity contribution is -0.115. The lowest BCUT2D eigenvalue weighted by Gasteiger charge is -2.26. The van der Waals surface area contributed by atoms with E-state index >= 15 is 0 Å². The van der Waals surface area contributed by atoms with Gasteiger partial charge in [-0.2, -0.15) is 0 Å². The molecular weight excluding hydrogens is 162 g/mol. The van der Waals surface area contributed by atoms with Gasteiger partial charge in [0.25, 0.3) is 0 Å². The summed E-state index contributed by atoms with van der Waals surface area (Å²) in [6, 6.07) is 0. The van der Waals surface area contributed by atoms with Crippen molar-refractivity contribution in [1.29, 1.82) is 0 Å². The molecule has 0 bridgehead atoms. The third-order valence-electron chi connectivity index (χ3n) is 2.40. The molecule has 2 heteroatoms. The van der Waals surface area contributed by atoms with Crippen LogP contribution in [0.2, 0.25) is 0 Å². The average molecular weight is 175 g/mol. The number of hydrogen-bond acceptors (Lipinski definition) is 2. The van der Waals surface area contributed by atoms with E-state index in [0.29, 0.717) is 6.42 Å². The maximum absolute atomic E-state index is 10.9.